The molecule has 0 spiro atoms. The van der Waals surface area contributed by atoms with E-state index in [0.29, 0.717) is 29.0 Å². The fourth-order valence-corrected chi connectivity index (χ4v) is 3.93. The number of fused-ring (bicyclic) bond motifs is 1. The highest BCUT2D eigenvalue weighted by molar-refractivity contribution is 7.98. The Morgan fingerprint density at radius 3 is 2.93 bits per heavy atom. The Hall–Kier alpha value is -2.28. The minimum Gasteiger partial charge on any atom is -0.440 e. The van der Waals surface area contributed by atoms with Gasteiger partial charge in [-0.2, -0.15) is 0 Å². The van der Waals surface area contributed by atoms with Gasteiger partial charge in [0.25, 0.3) is 0 Å². The number of methoxy groups -OCH3 is 1. The molecule has 7 heteroatoms. The van der Waals surface area contributed by atoms with Crippen LogP contribution in [0.4, 0.5) is 0 Å². The molecule has 0 aliphatic carbocycles. The average Bonchev–Trinajstić information content (AvgIpc) is 3.29. The molecule has 2 heterocycles. The molecule has 27 heavy (non-hydrogen) atoms. The van der Waals surface area contributed by atoms with Crippen LogP contribution in [0.1, 0.15) is 5.89 Å². The van der Waals surface area contributed by atoms with Crippen molar-refractivity contribution in [1.29, 1.82) is 0 Å². The molecule has 0 N–H and O–H groups in total. The molecular formula is C20H18ClN3O2S. The highest BCUT2D eigenvalue weighted by Gasteiger charge is 2.13. The predicted molar refractivity (Wildman–Crippen MR) is 108 cm³/mol. The first-order valence-electron chi connectivity index (χ1n) is 8.52. The van der Waals surface area contributed by atoms with E-state index < -0.39 is 0 Å². The lowest BCUT2D eigenvalue weighted by molar-refractivity contribution is 0.186. The molecule has 0 fully saturated rings. The molecule has 138 valence electrons. The van der Waals surface area contributed by atoms with Crippen LogP contribution >= 0.6 is 23.4 Å². The summed E-state index contributed by atoms with van der Waals surface area (Å²) >= 11 is 7.66. The van der Waals surface area contributed by atoms with Gasteiger partial charge in [-0.3, -0.25) is 0 Å². The highest BCUT2D eigenvalue weighted by atomic mass is 35.5. The maximum Gasteiger partial charge on any atom is 0.205 e. The van der Waals surface area contributed by atoms with Crippen molar-refractivity contribution in [2.45, 2.75) is 17.5 Å². The van der Waals surface area contributed by atoms with Crippen molar-refractivity contribution in [3.8, 4) is 11.3 Å². The van der Waals surface area contributed by atoms with E-state index in [0.717, 1.165) is 28.3 Å². The zero-order valence-corrected chi connectivity index (χ0v) is 16.3. The van der Waals surface area contributed by atoms with Gasteiger partial charge in [0.15, 0.2) is 10.9 Å². The van der Waals surface area contributed by atoms with E-state index in [-0.39, 0.29) is 0 Å². The van der Waals surface area contributed by atoms with Crippen molar-refractivity contribution in [3.05, 3.63) is 65.6 Å². The number of halogens is 1. The molecule has 0 saturated carbocycles. The zero-order valence-electron chi connectivity index (χ0n) is 14.8. The van der Waals surface area contributed by atoms with Crippen molar-refractivity contribution >= 4 is 34.4 Å². The minimum atomic E-state index is 0.594. The number of thioether (sulfide) groups is 1. The molecule has 2 aromatic heterocycles. The van der Waals surface area contributed by atoms with Crippen LogP contribution in [0.3, 0.4) is 0 Å². The quantitative estimate of drug-likeness (QED) is 0.395. The van der Waals surface area contributed by atoms with Gasteiger partial charge in [0, 0.05) is 24.2 Å². The lowest BCUT2D eigenvalue weighted by Gasteiger charge is -2.07. The van der Waals surface area contributed by atoms with Gasteiger partial charge in [0.1, 0.15) is 0 Å². The number of imidazole rings is 1. The first kappa shape index (κ1) is 18.1. The molecule has 0 unspecified atom stereocenters. The molecule has 5 nitrogen and oxygen atoms in total. The molecule has 0 saturated heterocycles. The van der Waals surface area contributed by atoms with E-state index in [1.165, 1.54) is 0 Å². The number of benzene rings is 2. The normalized spacial score (nSPS) is 11.3. The van der Waals surface area contributed by atoms with Gasteiger partial charge in [0.2, 0.25) is 5.89 Å². The summed E-state index contributed by atoms with van der Waals surface area (Å²) in [7, 11) is 1.70. The maximum atomic E-state index is 6.05. The van der Waals surface area contributed by atoms with Gasteiger partial charge in [-0.25, -0.2) is 9.97 Å². The first-order chi connectivity index (χ1) is 13.2. The Morgan fingerprint density at radius 2 is 2.07 bits per heavy atom. The Labute approximate surface area is 166 Å². The summed E-state index contributed by atoms with van der Waals surface area (Å²) in [5, 5.41) is 1.60. The summed E-state index contributed by atoms with van der Waals surface area (Å²) in [6.45, 7) is 1.38. The molecule has 2 aromatic carbocycles. The van der Waals surface area contributed by atoms with Crippen LogP contribution in [0.25, 0.3) is 22.4 Å². The third-order valence-corrected chi connectivity index (χ3v) is 5.32. The summed E-state index contributed by atoms with van der Waals surface area (Å²) < 4.78 is 13.3. The van der Waals surface area contributed by atoms with Gasteiger partial charge < -0.3 is 13.7 Å². The van der Waals surface area contributed by atoms with Crippen LogP contribution in [0, 0.1) is 0 Å². The van der Waals surface area contributed by atoms with Gasteiger partial charge >= 0.3 is 0 Å². The third kappa shape index (κ3) is 4.03. The molecule has 4 rings (SSSR count). The van der Waals surface area contributed by atoms with Gasteiger partial charge in [-0.15, -0.1) is 0 Å². The molecule has 0 aliphatic rings. The summed E-state index contributed by atoms with van der Waals surface area (Å²) in [4.78, 5) is 9.13. The van der Waals surface area contributed by atoms with E-state index in [1.54, 1.807) is 25.1 Å². The zero-order chi connectivity index (χ0) is 18.6. The van der Waals surface area contributed by atoms with Crippen LogP contribution in [0.15, 0.2) is 64.3 Å². The molecule has 0 aliphatic heterocycles. The van der Waals surface area contributed by atoms with Crippen molar-refractivity contribution in [3.63, 3.8) is 0 Å². The Balaban J connectivity index is 1.53. The smallest absolute Gasteiger partial charge is 0.205 e. The lowest BCUT2D eigenvalue weighted by atomic mass is 10.2. The second kappa shape index (κ2) is 8.17. The average molecular weight is 400 g/mol. The van der Waals surface area contributed by atoms with Crippen molar-refractivity contribution < 1.29 is 9.15 Å². The number of para-hydroxylation sites is 2. The topological polar surface area (TPSA) is 53.1 Å². The lowest BCUT2D eigenvalue weighted by Crippen LogP contribution is -2.05. The summed E-state index contributed by atoms with van der Waals surface area (Å²) in [5.74, 6) is 1.96. The monoisotopic (exact) mass is 399 g/mol. The van der Waals surface area contributed by atoms with E-state index in [9.17, 15) is 0 Å². The minimum absolute atomic E-state index is 0.594. The Bertz CT molecular complexity index is 1060. The van der Waals surface area contributed by atoms with Crippen LogP contribution < -0.4 is 0 Å². The van der Waals surface area contributed by atoms with Gasteiger partial charge in [0.05, 0.1) is 29.6 Å². The number of ether oxygens (including phenoxy) is 1. The number of nitrogens with zero attached hydrogens (tertiary/aromatic N) is 3. The first-order valence-corrected chi connectivity index (χ1v) is 9.88. The van der Waals surface area contributed by atoms with E-state index in [4.69, 9.17) is 25.7 Å². The van der Waals surface area contributed by atoms with Crippen LogP contribution in [0.5, 0.6) is 0 Å². The third-order valence-electron chi connectivity index (χ3n) is 4.13. The summed E-state index contributed by atoms with van der Waals surface area (Å²) in [5.41, 5.74) is 2.99. The van der Waals surface area contributed by atoms with E-state index in [1.807, 2.05) is 42.5 Å². The highest BCUT2D eigenvalue weighted by Crippen LogP contribution is 2.29. The molecule has 0 atom stereocenters. The standard InChI is InChI=1S/C20H18ClN3O2S/c1-25-10-9-24-17-8-3-2-7-16(17)23-20(24)27-13-19-22-12-18(26-19)14-5-4-6-15(21)11-14/h2-8,11-12H,9-10,13H2,1H3. The number of oxazole rings is 1. The number of hydrogen-bond donors (Lipinski definition) is 0. The molecular weight excluding hydrogens is 382 g/mol. The number of rotatable bonds is 7. The van der Waals surface area contributed by atoms with Crippen molar-refractivity contribution in [2.75, 3.05) is 13.7 Å². The maximum absolute atomic E-state index is 6.05. The van der Waals surface area contributed by atoms with Crippen LogP contribution in [0.2, 0.25) is 5.02 Å². The second-order valence-corrected chi connectivity index (χ2v) is 7.32. The van der Waals surface area contributed by atoms with Crippen molar-refractivity contribution in [1.82, 2.24) is 14.5 Å². The van der Waals surface area contributed by atoms with E-state index >= 15 is 0 Å². The SMILES string of the molecule is COCCn1c(SCc2ncc(-c3cccc(Cl)c3)o2)nc2ccccc21. The van der Waals surface area contributed by atoms with Crippen LogP contribution in [-0.4, -0.2) is 28.3 Å². The fourth-order valence-electron chi connectivity index (χ4n) is 2.84. The summed E-state index contributed by atoms with van der Waals surface area (Å²) in [6, 6.07) is 15.7. The molecule has 0 bridgehead atoms. The predicted octanol–water partition coefficient (Wildman–Crippen LogP) is 5.28. The number of aromatic nitrogens is 3. The second-order valence-electron chi connectivity index (χ2n) is 5.94. The van der Waals surface area contributed by atoms with Gasteiger partial charge in [-0.05, 0) is 24.3 Å². The fraction of sp³-hybridized carbons (Fsp3) is 0.200. The Kier molecular flexibility index (Phi) is 5.48. The summed E-state index contributed by atoms with van der Waals surface area (Å²) in [6.07, 6.45) is 1.73. The molecule has 4 aromatic rings. The van der Waals surface area contributed by atoms with Gasteiger partial charge in [-0.1, -0.05) is 47.6 Å². The molecule has 0 radical (unpaired) electrons. The van der Waals surface area contributed by atoms with Crippen molar-refractivity contribution in [2.24, 2.45) is 0 Å². The largest absolute Gasteiger partial charge is 0.440 e. The van der Waals surface area contributed by atoms with Crippen LogP contribution in [-0.2, 0) is 17.0 Å². The van der Waals surface area contributed by atoms with E-state index in [2.05, 4.69) is 15.6 Å². The number of hydrogen-bond acceptors (Lipinski definition) is 5. The molecule has 0 amide bonds. The Morgan fingerprint density at radius 1 is 1.19 bits per heavy atom.